The fourth-order valence-corrected chi connectivity index (χ4v) is 4.83. The van der Waals surface area contributed by atoms with E-state index in [0.29, 0.717) is 23.7 Å². The maximum atomic E-state index is 13.0. The van der Waals surface area contributed by atoms with Gasteiger partial charge < -0.3 is 4.90 Å². The van der Waals surface area contributed by atoms with Gasteiger partial charge in [-0.25, -0.2) is 0 Å². The van der Waals surface area contributed by atoms with Crippen LogP contribution < -0.4 is 0 Å². The number of hydrogen-bond acceptors (Lipinski definition) is 2. The molecule has 0 radical (unpaired) electrons. The monoisotopic (exact) mass is 341 g/mol. The van der Waals surface area contributed by atoms with Crippen LogP contribution in [0.4, 0.5) is 0 Å². The number of benzene rings is 1. The van der Waals surface area contributed by atoms with Gasteiger partial charge in [0.1, 0.15) is 0 Å². The average molecular weight is 342 g/mol. The molecule has 2 nitrogen and oxygen atoms in total. The predicted molar refractivity (Wildman–Crippen MR) is 105 cm³/mol. The summed E-state index contributed by atoms with van der Waals surface area (Å²) >= 11 is 0. The predicted octanol–water partition coefficient (Wildman–Crippen LogP) is 5.82. The molecular weight excluding hydrogens is 306 g/mol. The lowest BCUT2D eigenvalue weighted by Crippen LogP contribution is -2.41. The maximum Gasteiger partial charge on any atom is 0.163 e. The van der Waals surface area contributed by atoms with E-state index in [-0.39, 0.29) is 0 Å². The number of likely N-dealkylation sites (tertiary alicyclic amines) is 1. The summed E-state index contributed by atoms with van der Waals surface area (Å²) in [7, 11) is 0. The molecule has 3 fully saturated rings. The molecule has 2 unspecified atom stereocenters. The van der Waals surface area contributed by atoms with E-state index >= 15 is 0 Å². The van der Waals surface area contributed by atoms with Crippen LogP contribution in [0.15, 0.2) is 24.3 Å². The molecule has 2 heteroatoms. The summed E-state index contributed by atoms with van der Waals surface area (Å²) in [6.45, 7) is 6.52. The smallest absolute Gasteiger partial charge is 0.163 e. The third kappa shape index (κ3) is 4.53. The Bertz CT molecular complexity index is 557. The lowest BCUT2D eigenvalue weighted by molar-refractivity contribution is 0.0845. The molecule has 1 saturated heterocycles. The van der Waals surface area contributed by atoms with Crippen molar-refractivity contribution in [2.75, 3.05) is 13.1 Å². The molecule has 2 aliphatic carbocycles. The summed E-state index contributed by atoms with van der Waals surface area (Å²) in [5.74, 6) is 1.65. The zero-order chi connectivity index (χ0) is 17.6. The Morgan fingerprint density at radius 1 is 0.960 bits per heavy atom. The minimum absolute atomic E-state index is 0.406. The first-order valence-electron chi connectivity index (χ1n) is 10.7. The van der Waals surface area contributed by atoms with Crippen LogP contribution in [-0.2, 0) is 0 Å². The van der Waals surface area contributed by atoms with E-state index < -0.39 is 0 Å². The molecule has 1 heterocycles. The van der Waals surface area contributed by atoms with Gasteiger partial charge >= 0.3 is 0 Å². The van der Waals surface area contributed by atoms with E-state index in [1.165, 1.54) is 70.0 Å². The lowest BCUT2D eigenvalue weighted by Gasteiger charge is -2.37. The second-order valence-corrected chi connectivity index (χ2v) is 7.84. The van der Waals surface area contributed by atoms with Crippen LogP contribution >= 0.6 is 0 Å². The second kappa shape index (κ2) is 8.98. The number of carbonyl (C=O) groups excluding carboxylic acids is 1. The molecule has 0 bridgehead atoms. The van der Waals surface area contributed by atoms with E-state index in [4.69, 9.17) is 0 Å². The summed E-state index contributed by atoms with van der Waals surface area (Å²) in [6.07, 6.45) is 11.2. The van der Waals surface area contributed by atoms with Crippen LogP contribution in [-0.4, -0.2) is 29.8 Å². The van der Waals surface area contributed by atoms with Gasteiger partial charge in [0.25, 0.3) is 0 Å². The van der Waals surface area contributed by atoms with Gasteiger partial charge in [0.05, 0.1) is 0 Å². The van der Waals surface area contributed by atoms with E-state index in [1.54, 1.807) is 0 Å². The first kappa shape index (κ1) is 18.6. The van der Waals surface area contributed by atoms with Crippen LogP contribution in [0.5, 0.6) is 0 Å². The van der Waals surface area contributed by atoms with Crippen LogP contribution in [0.2, 0.25) is 0 Å². The molecule has 0 spiro atoms. The molecule has 1 aromatic carbocycles. The Morgan fingerprint density at radius 2 is 1.64 bits per heavy atom. The molecule has 0 amide bonds. The van der Waals surface area contributed by atoms with Gasteiger partial charge in [-0.15, -0.1) is 0 Å². The van der Waals surface area contributed by atoms with E-state index in [0.717, 1.165) is 12.0 Å². The van der Waals surface area contributed by atoms with Gasteiger partial charge in [-0.3, -0.25) is 4.79 Å². The molecule has 2 atom stereocenters. The quantitative estimate of drug-likeness (QED) is 0.629. The zero-order valence-electron chi connectivity index (χ0n) is 16.2. The van der Waals surface area contributed by atoms with Gasteiger partial charge in [-0.1, -0.05) is 51.0 Å². The van der Waals surface area contributed by atoms with Crippen LogP contribution in [0.25, 0.3) is 0 Å². The van der Waals surface area contributed by atoms with Crippen molar-refractivity contribution in [3.8, 4) is 0 Å². The van der Waals surface area contributed by atoms with Crippen molar-refractivity contribution in [2.45, 2.75) is 83.6 Å². The normalized spacial score (nSPS) is 26.8. The van der Waals surface area contributed by atoms with Crippen LogP contribution in [0, 0.1) is 5.92 Å². The molecule has 1 aromatic rings. The second-order valence-electron chi connectivity index (χ2n) is 7.84. The van der Waals surface area contributed by atoms with Gasteiger partial charge in [0.15, 0.2) is 5.78 Å². The van der Waals surface area contributed by atoms with Crippen molar-refractivity contribution >= 4 is 5.78 Å². The summed E-state index contributed by atoms with van der Waals surface area (Å²) in [5.41, 5.74) is 2.35. The first-order valence-corrected chi connectivity index (χ1v) is 10.7. The molecular formula is C23H35NO. The molecule has 1 aliphatic heterocycles. The molecule has 2 saturated carbocycles. The van der Waals surface area contributed by atoms with Crippen molar-refractivity contribution < 1.29 is 4.79 Å². The minimum atomic E-state index is 0.406. The van der Waals surface area contributed by atoms with Gasteiger partial charge in [0.2, 0.25) is 0 Å². The fourth-order valence-electron chi connectivity index (χ4n) is 4.83. The zero-order valence-corrected chi connectivity index (χ0v) is 16.2. The van der Waals surface area contributed by atoms with E-state index in [1.807, 2.05) is 19.9 Å². The first-order chi connectivity index (χ1) is 12.3. The highest BCUT2D eigenvalue weighted by molar-refractivity contribution is 5.98. The molecule has 138 valence electrons. The standard InChI is InChI=1S/C21H29NO.C2H6/c23-21(19-9-3-2-8-18(19)16-11-12-16)15-17-7-1-4-10-20(17)22-13-5-6-14-22;1-2/h2-3,8-9,16-17,20H,1,4-7,10-15H2;1-2H3. The molecule has 0 aromatic heterocycles. The number of carbonyl (C=O) groups is 1. The molecule has 0 N–H and O–H groups in total. The third-order valence-corrected chi connectivity index (χ3v) is 6.20. The van der Waals surface area contributed by atoms with Crippen molar-refractivity contribution in [3.05, 3.63) is 35.4 Å². The summed E-state index contributed by atoms with van der Waals surface area (Å²) in [4.78, 5) is 15.7. The topological polar surface area (TPSA) is 20.3 Å². The number of ketones is 1. The highest BCUT2D eigenvalue weighted by Gasteiger charge is 2.34. The SMILES string of the molecule is CC.O=C(CC1CCCCC1N1CCCC1)c1ccccc1C1CC1. The summed E-state index contributed by atoms with van der Waals surface area (Å²) in [6, 6.07) is 9.06. The van der Waals surface area contributed by atoms with E-state index in [9.17, 15) is 4.79 Å². The molecule has 25 heavy (non-hydrogen) atoms. The van der Waals surface area contributed by atoms with Gasteiger partial charge in [-0.05, 0) is 69.0 Å². The summed E-state index contributed by atoms with van der Waals surface area (Å²) in [5, 5.41) is 0. The van der Waals surface area contributed by atoms with Crippen molar-refractivity contribution in [1.82, 2.24) is 4.90 Å². The minimum Gasteiger partial charge on any atom is -0.300 e. The Morgan fingerprint density at radius 3 is 2.36 bits per heavy atom. The summed E-state index contributed by atoms with van der Waals surface area (Å²) < 4.78 is 0. The highest BCUT2D eigenvalue weighted by Crippen LogP contribution is 2.42. The molecule has 3 aliphatic rings. The van der Waals surface area contributed by atoms with Gasteiger partial charge in [0, 0.05) is 18.0 Å². The number of nitrogens with zero attached hydrogens (tertiary/aromatic N) is 1. The number of hydrogen-bond donors (Lipinski definition) is 0. The lowest BCUT2D eigenvalue weighted by atomic mass is 9.79. The number of Topliss-reactive ketones (excluding diaryl/α,β-unsaturated/α-hetero) is 1. The fraction of sp³-hybridized carbons (Fsp3) is 0.696. The maximum absolute atomic E-state index is 13.0. The third-order valence-electron chi connectivity index (χ3n) is 6.20. The van der Waals surface area contributed by atoms with Crippen molar-refractivity contribution in [2.24, 2.45) is 5.92 Å². The van der Waals surface area contributed by atoms with E-state index in [2.05, 4.69) is 23.1 Å². The molecule has 4 rings (SSSR count). The Balaban J connectivity index is 0.000000880. The number of rotatable bonds is 5. The van der Waals surface area contributed by atoms with Crippen molar-refractivity contribution in [3.63, 3.8) is 0 Å². The Kier molecular flexibility index (Phi) is 6.70. The van der Waals surface area contributed by atoms with Crippen LogP contribution in [0.1, 0.15) is 93.5 Å². The Hall–Kier alpha value is -1.15. The van der Waals surface area contributed by atoms with Crippen molar-refractivity contribution in [1.29, 1.82) is 0 Å². The average Bonchev–Trinajstić information content (AvgIpc) is 3.38. The van der Waals surface area contributed by atoms with Crippen LogP contribution in [0.3, 0.4) is 0 Å². The van der Waals surface area contributed by atoms with Gasteiger partial charge in [-0.2, -0.15) is 0 Å². The highest BCUT2D eigenvalue weighted by atomic mass is 16.1. The Labute approximate surface area is 154 Å². The largest absolute Gasteiger partial charge is 0.300 e.